The van der Waals surface area contributed by atoms with E-state index in [-0.39, 0.29) is 4.83 Å². The van der Waals surface area contributed by atoms with E-state index >= 15 is 0 Å². The third kappa shape index (κ3) is 2.68. The van der Waals surface area contributed by atoms with Crippen molar-refractivity contribution in [2.45, 2.75) is 11.8 Å². The Morgan fingerprint density at radius 2 is 1.94 bits per heavy atom. The van der Waals surface area contributed by atoms with Gasteiger partial charge in [0.05, 0.1) is 13.5 Å². The van der Waals surface area contributed by atoms with E-state index in [1.165, 1.54) is 21.1 Å². The largest absolute Gasteiger partial charge is 0.143 e. The minimum absolute atomic E-state index is 0.0943. The van der Waals surface area contributed by atoms with E-state index in [0.29, 0.717) is 4.34 Å². The average molecular weight is 421 g/mol. The van der Waals surface area contributed by atoms with E-state index < -0.39 is 0 Å². The number of hydrogen-bond acceptors (Lipinski definition) is 2. The molecule has 16 heavy (non-hydrogen) atoms. The number of alkyl halides is 1. The van der Waals surface area contributed by atoms with Gasteiger partial charge in [-0.3, -0.25) is 0 Å². The van der Waals surface area contributed by atoms with E-state index in [4.69, 9.17) is 23.2 Å². The number of thiophene rings is 2. The Morgan fingerprint density at radius 3 is 2.38 bits per heavy atom. The van der Waals surface area contributed by atoms with Crippen LogP contribution in [0.15, 0.2) is 16.6 Å². The van der Waals surface area contributed by atoms with Gasteiger partial charge in [0.25, 0.3) is 0 Å². The molecular weight excluding hydrogens is 415 g/mol. The molecule has 1 atom stereocenters. The highest BCUT2D eigenvalue weighted by Gasteiger charge is 2.20. The molecule has 0 nitrogen and oxygen atoms in total. The van der Waals surface area contributed by atoms with Crippen LogP contribution in [0.3, 0.4) is 0 Å². The average Bonchev–Trinajstić information content (AvgIpc) is 2.68. The van der Waals surface area contributed by atoms with Crippen molar-refractivity contribution in [3.8, 4) is 0 Å². The molecule has 0 amide bonds. The molecule has 0 aliphatic carbocycles. The molecule has 2 heterocycles. The summed E-state index contributed by atoms with van der Waals surface area (Å²) in [5.41, 5.74) is 1.03. The Labute approximate surface area is 129 Å². The summed E-state index contributed by atoms with van der Waals surface area (Å²) in [6, 6.07) is 4.02. The van der Waals surface area contributed by atoms with Gasteiger partial charge in [-0.25, -0.2) is 0 Å². The summed E-state index contributed by atoms with van der Waals surface area (Å²) in [4.78, 5) is 2.58. The lowest BCUT2D eigenvalue weighted by atomic mass is 10.2. The topological polar surface area (TPSA) is 0 Å². The van der Waals surface area contributed by atoms with Crippen molar-refractivity contribution in [3.63, 3.8) is 0 Å². The third-order valence-corrected chi connectivity index (χ3v) is 6.83. The first-order valence-electron chi connectivity index (χ1n) is 4.33. The molecule has 0 spiro atoms. The van der Waals surface area contributed by atoms with Crippen molar-refractivity contribution in [1.82, 2.24) is 0 Å². The minimum Gasteiger partial charge on any atom is -0.143 e. The summed E-state index contributed by atoms with van der Waals surface area (Å²) in [5.74, 6) is 0. The van der Waals surface area contributed by atoms with Crippen molar-refractivity contribution in [2.24, 2.45) is 0 Å². The molecule has 1 unspecified atom stereocenters. The molecule has 0 fully saturated rings. The summed E-state index contributed by atoms with van der Waals surface area (Å²) >= 11 is 22.4. The van der Waals surface area contributed by atoms with Gasteiger partial charge in [0.1, 0.15) is 0 Å². The highest BCUT2D eigenvalue weighted by molar-refractivity contribution is 9.11. The van der Waals surface area contributed by atoms with Crippen LogP contribution in [-0.2, 0) is 0 Å². The van der Waals surface area contributed by atoms with Crippen LogP contribution >= 0.6 is 77.7 Å². The van der Waals surface area contributed by atoms with Gasteiger partial charge in [0.15, 0.2) is 0 Å². The summed E-state index contributed by atoms with van der Waals surface area (Å²) < 4.78 is 2.56. The monoisotopic (exact) mass is 418 g/mol. The predicted octanol–water partition coefficient (Wildman–Crippen LogP) is 6.67. The zero-order valence-corrected chi connectivity index (χ0v) is 14.4. The zero-order chi connectivity index (χ0) is 11.9. The molecule has 0 aromatic carbocycles. The smallest absolute Gasteiger partial charge is 0.0991 e. The number of hydrogen-bond donors (Lipinski definition) is 0. The van der Waals surface area contributed by atoms with Crippen molar-refractivity contribution in [1.29, 1.82) is 0 Å². The Balaban J connectivity index is 2.42. The molecule has 2 aromatic heterocycles. The number of aryl methyl sites for hydroxylation is 1. The van der Waals surface area contributed by atoms with E-state index in [9.17, 15) is 0 Å². The zero-order valence-electron chi connectivity index (χ0n) is 8.06. The standard InChI is InChI=1S/C10H6Br2Cl2S2/c1-4-2-6(11)9(15-4)8(12)5-3-7(13)16-10(5)14/h2-3,8H,1H3. The Hall–Kier alpha value is 0.940. The molecule has 2 aromatic rings. The van der Waals surface area contributed by atoms with Gasteiger partial charge in [-0.05, 0) is 35.0 Å². The first-order chi connectivity index (χ1) is 7.49. The van der Waals surface area contributed by atoms with Crippen molar-refractivity contribution in [3.05, 3.63) is 40.6 Å². The van der Waals surface area contributed by atoms with Crippen LogP contribution in [0.4, 0.5) is 0 Å². The molecule has 0 N–H and O–H groups in total. The first kappa shape index (κ1) is 13.4. The van der Waals surface area contributed by atoms with E-state index in [0.717, 1.165) is 14.4 Å². The van der Waals surface area contributed by atoms with Gasteiger partial charge >= 0.3 is 0 Å². The highest BCUT2D eigenvalue weighted by atomic mass is 79.9. The maximum Gasteiger partial charge on any atom is 0.0991 e. The highest BCUT2D eigenvalue weighted by Crippen LogP contribution is 2.46. The maximum absolute atomic E-state index is 6.14. The molecule has 0 radical (unpaired) electrons. The van der Waals surface area contributed by atoms with Crippen LogP contribution in [0.1, 0.15) is 20.1 Å². The van der Waals surface area contributed by atoms with E-state index in [2.05, 4.69) is 44.8 Å². The molecule has 0 aliphatic rings. The lowest BCUT2D eigenvalue weighted by Gasteiger charge is -2.07. The molecule has 0 saturated heterocycles. The summed E-state index contributed by atoms with van der Waals surface area (Å²) in [6.45, 7) is 2.08. The number of halogens is 4. The fourth-order valence-electron chi connectivity index (χ4n) is 1.34. The fraction of sp³-hybridized carbons (Fsp3) is 0.200. The van der Waals surface area contributed by atoms with Crippen LogP contribution in [0, 0.1) is 6.92 Å². The summed E-state index contributed by atoms with van der Waals surface area (Å²) in [6.07, 6.45) is 0. The Kier molecular flexibility index (Phi) is 4.42. The Morgan fingerprint density at radius 1 is 1.25 bits per heavy atom. The van der Waals surface area contributed by atoms with E-state index in [1.54, 1.807) is 11.3 Å². The fourth-order valence-corrected chi connectivity index (χ4v) is 6.23. The predicted molar refractivity (Wildman–Crippen MR) is 81.9 cm³/mol. The van der Waals surface area contributed by atoms with Gasteiger partial charge in [0.2, 0.25) is 0 Å². The molecular formula is C10H6Br2Cl2S2. The lowest BCUT2D eigenvalue weighted by Crippen LogP contribution is -1.88. The van der Waals surface area contributed by atoms with Crippen LogP contribution in [0.25, 0.3) is 0 Å². The molecule has 6 heteroatoms. The maximum atomic E-state index is 6.14. The van der Waals surface area contributed by atoms with Crippen LogP contribution in [0.2, 0.25) is 8.67 Å². The lowest BCUT2D eigenvalue weighted by molar-refractivity contribution is 1.24. The first-order valence-corrected chi connectivity index (χ1v) is 8.43. The SMILES string of the molecule is Cc1cc(Br)c(C(Br)c2cc(Cl)sc2Cl)s1. The van der Waals surface area contributed by atoms with Crippen LogP contribution in [-0.4, -0.2) is 0 Å². The van der Waals surface area contributed by atoms with Gasteiger partial charge in [-0.15, -0.1) is 22.7 Å². The molecule has 0 saturated carbocycles. The summed E-state index contributed by atoms with van der Waals surface area (Å²) in [7, 11) is 0. The van der Waals surface area contributed by atoms with Crippen molar-refractivity contribution < 1.29 is 0 Å². The van der Waals surface area contributed by atoms with Crippen LogP contribution < -0.4 is 0 Å². The third-order valence-electron chi connectivity index (χ3n) is 2.02. The second kappa shape index (κ2) is 5.29. The number of rotatable bonds is 2. The minimum atomic E-state index is 0.0943. The summed E-state index contributed by atoms with van der Waals surface area (Å²) in [5, 5.41) is 0. The van der Waals surface area contributed by atoms with Crippen molar-refractivity contribution >= 4 is 77.7 Å². The normalized spacial score (nSPS) is 13.1. The van der Waals surface area contributed by atoms with E-state index in [1.807, 2.05) is 6.07 Å². The van der Waals surface area contributed by atoms with Gasteiger partial charge in [0, 0.05) is 19.8 Å². The van der Waals surface area contributed by atoms with Crippen LogP contribution in [0.5, 0.6) is 0 Å². The molecule has 0 bridgehead atoms. The van der Waals surface area contributed by atoms with Gasteiger partial charge in [-0.2, -0.15) is 0 Å². The molecule has 2 rings (SSSR count). The quantitative estimate of drug-likeness (QED) is 0.476. The Bertz CT molecular complexity index is 473. The van der Waals surface area contributed by atoms with Crippen molar-refractivity contribution in [2.75, 3.05) is 0 Å². The molecule has 0 aliphatic heterocycles. The van der Waals surface area contributed by atoms with Gasteiger partial charge < -0.3 is 0 Å². The second-order valence-electron chi connectivity index (χ2n) is 3.21. The second-order valence-corrected chi connectivity index (χ2v) is 8.55. The molecule has 86 valence electrons. The van der Waals surface area contributed by atoms with Gasteiger partial charge in [-0.1, -0.05) is 39.1 Å².